The molecule has 0 saturated carbocycles. The maximum Gasteiger partial charge on any atom is 0.157 e. The Bertz CT molecular complexity index is 904. The van der Waals surface area contributed by atoms with E-state index in [-0.39, 0.29) is 6.04 Å². The third kappa shape index (κ3) is 3.23. The van der Waals surface area contributed by atoms with Gasteiger partial charge in [0.2, 0.25) is 0 Å². The second kappa shape index (κ2) is 6.93. The summed E-state index contributed by atoms with van der Waals surface area (Å²) < 4.78 is 7.13. The van der Waals surface area contributed by atoms with Crippen LogP contribution in [0.2, 0.25) is 0 Å². The van der Waals surface area contributed by atoms with Crippen molar-refractivity contribution in [2.75, 3.05) is 25.5 Å². The topological polar surface area (TPSA) is 75.5 Å². The van der Waals surface area contributed by atoms with Gasteiger partial charge in [-0.05, 0) is 31.5 Å². The Balaban J connectivity index is 1.51. The quantitative estimate of drug-likeness (QED) is 0.654. The molecule has 1 aromatic carbocycles. The minimum atomic E-state index is 0.242. The average molecular weight is 352 g/mol. The molecule has 7 nitrogen and oxygen atoms in total. The third-order valence-corrected chi connectivity index (χ3v) is 4.79. The van der Waals surface area contributed by atoms with Crippen molar-refractivity contribution in [3.05, 3.63) is 53.3 Å². The van der Waals surface area contributed by atoms with Crippen LogP contribution in [0.4, 0.5) is 5.82 Å². The van der Waals surface area contributed by atoms with E-state index in [1.165, 1.54) is 5.56 Å². The first-order chi connectivity index (χ1) is 12.6. The molecule has 1 aliphatic heterocycles. The fourth-order valence-electron chi connectivity index (χ4n) is 3.47. The Morgan fingerprint density at radius 2 is 2.00 bits per heavy atom. The molecule has 0 aliphatic carbocycles. The van der Waals surface area contributed by atoms with Crippen molar-refractivity contribution >= 4 is 11.5 Å². The van der Waals surface area contributed by atoms with Crippen LogP contribution in [-0.4, -0.2) is 34.8 Å². The van der Waals surface area contributed by atoms with Crippen molar-refractivity contribution < 1.29 is 4.74 Å². The molecule has 136 valence electrons. The molecule has 3 heterocycles. The lowest BCUT2D eigenvalue weighted by atomic mass is 9.95. The maximum absolute atomic E-state index is 5.25. The first-order valence-electron chi connectivity index (χ1n) is 8.84. The minimum absolute atomic E-state index is 0.242. The number of nitrogens with one attached hydrogen (secondary N) is 3. The van der Waals surface area contributed by atoms with E-state index in [0.717, 1.165) is 41.7 Å². The molecule has 3 N–H and O–H groups in total. The number of rotatable bonds is 5. The monoisotopic (exact) mass is 352 g/mol. The highest BCUT2D eigenvalue weighted by Gasteiger charge is 2.28. The van der Waals surface area contributed by atoms with Gasteiger partial charge in [-0.1, -0.05) is 12.1 Å². The Morgan fingerprint density at radius 3 is 2.77 bits per heavy atom. The van der Waals surface area contributed by atoms with Crippen molar-refractivity contribution in [2.24, 2.45) is 5.92 Å². The molecule has 2 aromatic heterocycles. The van der Waals surface area contributed by atoms with Crippen LogP contribution in [0.15, 0.2) is 36.4 Å². The molecule has 1 saturated heterocycles. The lowest BCUT2D eigenvalue weighted by Crippen LogP contribution is -2.26. The smallest absolute Gasteiger partial charge is 0.157 e. The van der Waals surface area contributed by atoms with Gasteiger partial charge >= 0.3 is 0 Å². The van der Waals surface area contributed by atoms with Gasteiger partial charge in [-0.2, -0.15) is 9.61 Å². The van der Waals surface area contributed by atoms with Gasteiger partial charge in [0.1, 0.15) is 11.6 Å². The van der Waals surface area contributed by atoms with E-state index in [2.05, 4.69) is 38.4 Å². The molecule has 0 bridgehead atoms. The highest BCUT2D eigenvalue weighted by Crippen LogP contribution is 2.27. The molecule has 2 unspecified atom stereocenters. The van der Waals surface area contributed by atoms with Gasteiger partial charge in [-0.25, -0.2) is 10.4 Å². The summed E-state index contributed by atoms with van der Waals surface area (Å²) in [5, 5.41) is 8.10. The molecule has 26 heavy (non-hydrogen) atoms. The van der Waals surface area contributed by atoms with E-state index in [9.17, 15) is 0 Å². The number of benzene rings is 1. The molecular formula is C19H24N6O. The van der Waals surface area contributed by atoms with Gasteiger partial charge < -0.3 is 10.1 Å². The number of methoxy groups -OCH3 is 1. The SMILES string of the molecule is COc1ccc(C2NNCC2CNc2cc(C)nc3cc(C)nn23)cc1. The summed E-state index contributed by atoms with van der Waals surface area (Å²) in [6.45, 7) is 5.72. The van der Waals surface area contributed by atoms with E-state index in [1.54, 1.807) is 7.11 Å². The van der Waals surface area contributed by atoms with Gasteiger partial charge in [-0.15, -0.1) is 0 Å². The van der Waals surface area contributed by atoms with Crippen molar-refractivity contribution in [1.29, 1.82) is 0 Å². The second-order valence-electron chi connectivity index (χ2n) is 6.76. The lowest BCUT2D eigenvalue weighted by Gasteiger charge is -2.20. The van der Waals surface area contributed by atoms with Crippen molar-refractivity contribution in [2.45, 2.75) is 19.9 Å². The van der Waals surface area contributed by atoms with Crippen LogP contribution >= 0.6 is 0 Å². The van der Waals surface area contributed by atoms with Gasteiger partial charge in [-0.3, -0.25) is 5.43 Å². The number of hydrazine groups is 1. The Hall–Kier alpha value is -2.64. The predicted molar refractivity (Wildman–Crippen MR) is 101 cm³/mol. The van der Waals surface area contributed by atoms with Crippen LogP contribution in [-0.2, 0) is 0 Å². The van der Waals surface area contributed by atoms with E-state index in [1.807, 2.05) is 42.6 Å². The number of ether oxygens (including phenoxy) is 1. The minimum Gasteiger partial charge on any atom is -0.497 e. The Kier molecular flexibility index (Phi) is 4.48. The highest BCUT2D eigenvalue weighted by molar-refractivity contribution is 5.50. The van der Waals surface area contributed by atoms with Crippen LogP contribution in [0.25, 0.3) is 5.65 Å². The summed E-state index contributed by atoms with van der Waals surface area (Å²) >= 11 is 0. The first-order valence-corrected chi connectivity index (χ1v) is 8.84. The lowest BCUT2D eigenvalue weighted by molar-refractivity contribution is 0.414. The Labute approximate surface area is 152 Å². The number of aryl methyl sites for hydroxylation is 2. The van der Waals surface area contributed by atoms with Crippen molar-refractivity contribution in [3.8, 4) is 5.75 Å². The van der Waals surface area contributed by atoms with Gasteiger partial charge in [0, 0.05) is 36.8 Å². The largest absolute Gasteiger partial charge is 0.497 e. The van der Waals surface area contributed by atoms with Crippen LogP contribution < -0.4 is 20.9 Å². The van der Waals surface area contributed by atoms with Crippen LogP contribution in [0, 0.1) is 19.8 Å². The zero-order chi connectivity index (χ0) is 18.1. The number of anilines is 1. The standard InChI is InChI=1S/C19H24N6O/c1-12-8-17(25-18(22-12)9-13(2)24-25)20-10-15-11-21-23-19(15)14-4-6-16(26-3)7-5-14/h4-9,15,19-21,23H,10-11H2,1-3H3. The molecule has 1 fully saturated rings. The first kappa shape index (κ1) is 16.8. The van der Waals surface area contributed by atoms with Crippen LogP contribution in [0.5, 0.6) is 5.75 Å². The molecule has 3 aromatic rings. The number of aromatic nitrogens is 3. The fourth-order valence-corrected chi connectivity index (χ4v) is 3.47. The zero-order valence-corrected chi connectivity index (χ0v) is 15.3. The predicted octanol–water partition coefficient (Wildman–Crippen LogP) is 2.23. The average Bonchev–Trinajstić information content (AvgIpc) is 3.25. The molecule has 2 atom stereocenters. The molecule has 7 heteroatoms. The number of hydrogen-bond donors (Lipinski definition) is 3. The normalized spacial score (nSPS) is 19.8. The molecule has 0 spiro atoms. The van der Waals surface area contributed by atoms with Crippen LogP contribution in [0.3, 0.4) is 0 Å². The van der Waals surface area contributed by atoms with Crippen molar-refractivity contribution in [1.82, 2.24) is 25.4 Å². The van der Waals surface area contributed by atoms with Gasteiger partial charge in [0.25, 0.3) is 0 Å². The van der Waals surface area contributed by atoms with E-state index in [4.69, 9.17) is 4.74 Å². The number of hydrogen-bond acceptors (Lipinski definition) is 6. The summed E-state index contributed by atoms with van der Waals surface area (Å²) in [4.78, 5) is 4.54. The van der Waals surface area contributed by atoms with Crippen molar-refractivity contribution in [3.63, 3.8) is 0 Å². The number of fused-ring (bicyclic) bond motifs is 1. The third-order valence-electron chi connectivity index (χ3n) is 4.79. The zero-order valence-electron chi connectivity index (χ0n) is 15.3. The fraction of sp³-hybridized carbons (Fsp3) is 0.368. The number of nitrogens with zero attached hydrogens (tertiary/aromatic N) is 3. The van der Waals surface area contributed by atoms with E-state index in [0.29, 0.717) is 5.92 Å². The molecule has 0 radical (unpaired) electrons. The highest BCUT2D eigenvalue weighted by atomic mass is 16.5. The van der Waals surface area contributed by atoms with E-state index >= 15 is 0 Å². The summed E-state index contributed by atoms with van der Waals surface area (Å²) in [7, 11) is 1.69. The second-order valence-corrected chi connectivity index (χ2v) is 6.76. The Morgan fingerprint density at radius 1 is 1.19 bits per heavy atom. The molecule has 1 aliphatic rings. The van der Waals surface area contributed by atoms with Gasteiger partial charge in [0.15, 0.2) is 5.65 Å². The molecular weight excluding hydrogens is 328 g/mol. The van der Waals surface area contributed by atoms with Gasteiger partial charge in [0.05, 0.1) is 18.8 Å². The summed E-state index contributed by atoms with van der Waals surface area (Å²) in [5.41, 5.74) is 10.7. The molecule has 4 rings (SSSR count). The molecule has 0 amide bonds. The maximum atomic E-state index is 5.25. The summed E-state index contributed by atoms with van der Waals surface area (Å²) in [6, 6.07) is 12.5. The summed E-state index contributed by atoms with van der Waals surface area (Å²) in [5.74, 6) is 2.25. The summed E-state index contributed by atoms with van der Waals surface area (Å²) in [6.07, 6.45) is 0. The van der Waals surface area contributed by atoms with Crippen LogP contribution in [0.1, 0.15) is 23.0 Å². The van der Waals surface area contributed by atoms with E-state index < -0.39 is 0 Å².